The zero-order valence-electron chi connectivity index (χ0n) is 16.6. The summed E-state index contributed by atoms with van der Waals surface area (Å²) in [6.45, 7) is 5.77. The molecule has 0 unspecified atom stereocenters. The Morgan fingerprint density at radius 1 is 1.07 bits per heavy atom. The minimum Gasteiger partial charge on any atom is -0.496 e. The van der Waals surface area contributed by atoms with E-state index in [2.05, 4.69) is 24.4 Å². The van der Waals surface area contributed by atoms with Crippen molar-refractivity contribution in [1.29, 1.82) is 0 Å². The fourth-order valence-electron chi connectivity index (χ4n) is 3.22. The molecule has 0 aliphatic heterocycles. The van der Waals surface area contributed by atoms with Crippen molar-refractivity contribution in [2.24, 2.45) is 0 Å². The van der Waals surface area contributed by atoms with E-state index in [1.807, 2.05) is 43.3 Å². The van der Waals surface area contributed by atoms with Gasteiger partial charge in [0.1, 0.15) is 5.75 Å². The van der Waals surface area contributed by atoms with Crippen LogP contribution in [0.3, 0.4) is 0 Å². The van der Waals surface area contributed by atoms with Crippen LogP contribution in [-0.2, 0) is 22.5 Å². The number of benzene rings is 2. The number of hydrogen-bond acceptors (Lipinski definition) is 5. The molecule has 0 bridgehead atoms. The van der Waals surface area contributed by atoms with E-state index in [4.69, 9.17) is 14.5 Å². The highest BCUT2D eigenvalue weighted by Crippen LogP contribution is 2.34. The fourth-order valence-corrected chi connectivity index (χ4v) is 3.22. The molecule has 2 aromatic carbocycles. The van der Waals surface area contributed by atoms with Crippen LogP contribution >= 0.6 is 0 Å². The number of pyridine rings is 1. The Morgan fingerprint density at radius 2 is 1.89 bits per heavy atom. The van der Waals surface area contributed by atoms with Crippen molar-refractivity contribution >= 4 is 16.9 Å². The molecule has 1 aromatic heterocycles. The second-order valence-electron chi connectivity index (χ2n) is 6.47. The fraction of sp³-hybridized carbons (Fsp3) is 0.304. The first-order valence-electron chi connectivity index (χ1n) is 9.58. The van der Waals surface area contributed by atoms with Crippen molar-refractivity contribution < 1.29 is 14.3 Å². The maximum Gasteiger partial charge on any atom is 0.310 e. The summed E-state index contributed by atoms with van der Waals surface area (Å²) >= 11 is 0. The van der Waals surface area contributed by atoms with Gasteiger partial charge in [0, 0.05) is 23.1 Å². The number of fused-ring (bicyclic) bond motifs is 1. The molecule has 0 fully saturated rings. The van der Waals surface area contributed by atoms with Crippen LogP contribution in [0.15, 0.2) is 48.5 Å². The summed E-state index contributed by atoms with van der Waals surface area (Å²) in [4.78, 5) is 16.8. The largest absolute Gasteiger partial charge is 0.496 e. The number of methoxy groups -OCH3 is 1. The molecule has 3 aromatic rings. The molecule has 5 heteroatoms. The lowest BCUT2D eigenvalue weighted by atomic mass is 9.97. The van der Waals surface area contributed by atoms with Gasteiger partial charge in [0.05, 0.1) is 31.3 Å². The van der Waals surface area contributed by atoms with Crippen LogP contribution in [0, 0.1) is 0 Å². The Bertz CT molecular complexity index is 969. The van der Waals surface area contributed by atoms with Crippen molar-refractivity contribution in [3.63, 3.8) is 0 Å². The monoisotopic (exact) mass is 378 g/mol. The maximum atomic E-state index is 11.9. The molecule has 0 atom stereocenters. The number of para-hydroxylation sites is 1. The highest BCUT2D eigenvalue weighted by molar-refractivity contribution is 5.87. The van der Waals surface area contributed by atoms with E-state index in [0.29, 0.717) is 13.2 Å². The predicted octanol–water partition coefficient (Wildman–Crippen LogP) is 4.13. The standard InChI is InChI=1S/C23H26N2O3/c1-4-24-15-21-18(14-17-8-6-7-9-20(17)25-21)19-12-16(10-11-22(19)27-3)13-23(26)28-5-2/h6-12,14,24H,4-5,13,15H2,1-3H3. The van der Waals surface area contributed by atoms with Gasteiger partial charge in [-0.25, -0.2) is 0 Å². The molecular weight excluding hydrogens is 352 g/mol. The molecule has 0 radical (unpaired) electrons. The summed E-state index contributed by atoms with van der Waals surface area (Å²) in [5, 5.41) is 4.43. The summed E-state index contributed by atoms with van der Waals surface area (Å²) in [5.41, 5.74) is 4.72. The first kappa shape index (κ1) is 19.8. The van der Waals surface area contributed by atoms with Gasteiger partial charge in [-0.05, 0) is 43.3 Å². The Balaban J connectivity index is 2.11. The van der Waals surface area contributed by atoms with Gasteiger partial charge in [-0.3, -0.25) is 9.78 Å². The van der Waals surface area contributed by atoms with Gasteiger partial charge in [0.2, 0.25) is 0 Å². The van der Waals surface area contributed by atoms with Crippen molar-refractivity contribution in [3.05, 3.63) is 59.8 Å². The van der Waals surface area contributed by atoms with E-state index < -0.39 is 0 Å². The average Bonchev–Trinajstić information content (AvgIpc) is 2.71. The predicted molar refractivity (Wildman–Crippen MR) is 111 cm³/mol. The number of carbonyl (C=O) groups is 1. The highest BCUT2D eigenvalue weighted by atomic mass is 16.5. The Hall–Kier alpha value is -2.92. The quantitative estimate of drug-likeness (QED) is 0.597. The van der Waals surface area contributed by atoms with Crippen molar-refractivity contribution in [1.82, 2.24) is 10.3 Å². The van der Waals surface area contributed by atoms with E-state index in [9.17, 15) is 4.79 Å². The van der Waals surface area contributed by atoms with Crippen LogP contribution in [0.5, 0.6) is 5.75 Å². The summed E-state index contributed by atoms with van der Waals surface area (Å²) in [6, 6.07) is 16.0. The molecule has 0 saturated heterocycles. The molecule has 5 nitrogen and oxygen atoms in total. The van der Waals surface area contributed by atoms with Gasteiger partial charge < -0.3 is 14.8 Å². The van der Waals surface area contributed by atoms with E-state index in [1.54, 1.807) is 7.11 Å². The normalized spacial score (nSPS) is 10.8. The minimum atomic E-state index is -0.233. The van der Waals surface area contributed by atoms with E-state index in [0.717, 1.165) is 45.6 Å². The molecule has 1 heterocycles. The highest BCUT2D eigenvalue weighted by Gasteiger charge is 2.15. The topological polar surface area (TPSA) is 60.5 Å². The van der Waals surface area contributed by atoms with Crippen LogP contribution in [0.2, 0.25) is 0 Å². The van der Waals surface area contributed by atoms with Gasteiger partial charge in [-0.15, -0.1) is 0 Å². The zero-order chi connectivity index (χ0) is 19.9. The number of ether oxygens (including phenoxy) is 2. The van der Waals surface area contributed by atoms with Crippen LogP contribution in [-0.4, -0.2) is 31.2 Å². The molecule has 0 spiro atoms. The Labute approximate surface area is 165 Å². The van der Waals surface area contributed by atoms with Gasteiger partial charge in [-0.1, -0.05) is 31.2 Å². The third-order valence-electron chi connectivity index (χ3n) is 4.55. The third-order valence-corrected chi connectivity index (χ3v) is 4.55. The van der Waals surface area contributed by atoms with Crippen LogP contribution in [0.1, 0.15) is 25.1 Å². The molecule has 146 valence electrons. The number of nitrogens with one attached hydrogen (secondary N) is 1. The van der Waals surface area contributed by atoms with E-state index in [-0.39, 0.29) is 12.4 Å². The molecule has 0 aliphatic rings. The Kier molecular flexibility index (Phi) is 6.61. The summed E-state index contributed by atoms with van der Waals surface area (Å²) in [6.07, 6.45) is 0.231. The maximum absolute atomic E-state index is 11.9. The van der Waals surface area contributed by atoms with Crippen molar-refractivity contribution in [2.75, 3.05) is 20.3 Å². The van der Waals surface area contributed by atoms with Gasteiger partial charge >= 0.3 is 5.97 Å². The summed E-state index contributed by atoms with van der Waals surface area (Å²) in [5.74, 6) is 0.519. The molecule has 0 saturated carbocycles. The number of rotatable bonds is 8. The second-order valence-corrected chi connectivity index (χ2v) is 6.47. The van der Waals surface area contributed by atoms with Gasteiger partial charge in [0.25, 0.3) is 0 Å². The molecular formula is C23H26N2O3. The summed E-state index contributed by atoms with van der Waals surface area (Å²) < 4.78 is 10.7. The smallest absolute Gasteiger partial charge is 0.310 e. The number of esters is 1. The molecule has 1 N–H and O–H groups in total. The minimum absolute atomic E-state index is 0.231. The zero-order valence-corrected chi connectivity index (χ0v) is 16.6. The lowest BCUT2D eigenvalue weighted by Gasteiger charge is -2.15. The van der Waals surface area contributed by atoms with Crippen LogP contribution in [0.25, 0.3) is 22.0 Å². The van der Waals surface area contributed by atoms with Gasteiger partial charge in [0.15, 0.2) is 0 Å². The molecule has 3 rings (SSSR count). The molecule has 0 aliphatic carbocycles. The number of aromatic nitrogens is 1. The molecule has 28 heavy (non-hydrogen) atoms. The number of hydrogen-bond donors (Lipinski definition) is 1. The van der Waals surface area contributed by atoms with E-state index in [1.165, 1.54) is 0 Å². The second kappa shape index (κ2) is 9.33. The first-order valence-corrected chi connectivity index (χ1v) is 9.58. The Morgan fingerprint density at radius 3 is 2.64 bits per heavy atom. The lowest BCUT2D eigenvalue weighted by molar-refractivity contribution is -0.142. The summed E-state index contributed by atoms with van der Waals surface area (Å²) in [7, 11) is 1.66. The average molecular weight is 378 g/mol. The first-order chi connectivity index (χ1) is 13.7. The van der Waals surface area contributed by atoms with Crippen molar-refractivity contribution in [3.8, 4) is 16.9 Å². The van der Waals surface area contributed by atoms with Gasteiger partial charge in [-0.2, -0.15) is 0 Å². The number of nitrogens with zero attached hydrogens (tertiary/aromatic N) is 1. The third kappa shape index (κ3) is 4.49. The lowest BCUT2D eigenvalue weighted by Crippen LogP contribution is -2.14. The van der Waals surface area contributed by atoms with E-state index >= 15 is 0 Å². The van der Waals surface area contributed by atoms with Crippen molar-refractivity contribution in [2.45, 2.75) is 26.8 Å². The number of carbonyl (C=O) groups excluding carboxylic acids is 1. The van der Waals surface area contributed by atoms with Crippen LogP contribution in [0.4, 0.5) is 0 Å². The SMILES string of the molecule is CCNCc1nc2ccccc2cc1-c1cc(CC(=O)OCC)ccc1OC. The molecule has 0 amide bonds. The van der Waals surface area contributed by atoms with Crippen LogP contribution < -0.4 is 10.1 Å².